The second-order valence-electron chi connectivity index (χ2n) is 9.93. The maximum atomic E-state index is 5.26. The Morgan fingerprint density at radius 1 is 1.03 bits per heavy atom. The first-order valence-corrected chi connectivity index (χ1v) is 11.9. The number of likely N-dealkylation sites (tertiary alicyclic amines) is 1. The van der Waals surface area contributed by atoms with E-state index in [1.807, 2.05) is 4.52 Å². The van der Waals surface area contributed by atoms with Crippen LogP contribution >= 0.6 is 0 Å². The normalized spacial score (nSPS) is 16.2. The Hall–Kier alpha value is -2.73. The molecule has 32 heavy (non-hydrogen) atoms. The van der Waals surface area contributed by atoms with Gasteiger partial charge in [-0.25, -0.2) is 9.50 Å². The van der Waals surface area contributed by atoms with Gasteiger partial charge in [-0.3, -0.25) is 4.98 Å². The molecule has 0 radical (unpaired) electrons. The lowest BCUT2D eigenvalue weighted by Gasteiger charge is -2.34. The Kier molecular flexibility index (Phi) is 5.28. The van der Waals surface area contributed by atoms with E-state index in [1.54, 1.807) is 6.33 Å². The van der Waals surface area contributed by atoms with Crippen LogP contribution in [0.5, 0.6) is 0 Å². The molecule has 0 unspecified atom stereocenters. The molecule has 0 saturated carbocycles. The van der Waals surface area contributed by atoms with E-state index in [1.165, 1.54) is 40.8 Å². The van der Waals surface area contributed by atoms with Crippen molar-refractivity contribution in [3.63, 3.8) is 0 Å². The SMILES string of the molecule is Cc1c(-c2[nH]c3ccc(C4CCN(C(C)C)CC4)nc3c2C(C)C)cn2ncnc2c1C. The summed E-state index contributed by atoms with van der Waals surface area (Å²) >= 11 is 0. The second-order valence-corrected chi connectivity index (χ2v) is 9.93. The lowest BCUT2D eigenvalue weighted by molar-refractivity contribution is 0.171. The fourth-order valence-electron chi connectivity index (χ4n) is 5.27. The Balaban J connectivity index is 1.60. The number of nitrogens with zero attached hydrogens (tertiary/aromatic N) is 5. The van der Waals surface area contributed by atoms with Crippen molar-refractivity contribution in [3.05, 3.63) is 47.0 Å². The highest BCUT2D eigenvalue weighted by atomic mass is 15.3. The van der Waals surface area contributed by atoms with E-state index in [0.717, 1.165) is 35.5 Å². The fourth-order valence-corrected chi connectivity index (χ4v) is 5.27. The number of hydrogen-bond donors (Lipinski definition) is 1. The van der Waals surface area contributed by atoms with Crippen molar-refractivity contribution in [2.24, 2.45) is 0 Å². The van der Waals surface area contributed by atoms with Crippen LogP contribution in [0, 0.1) is 13.8 Å². The monoisotopic (exact) mass is 430 g/mol. The van der Waals surface area contributed by atoms with Gasteiger partial charge in [0.1, 0.15) is 6.33 Å². The molecule has 6 heteroatoms. The van der Waals surface area contributed by atoms with Gasteiger partial charge < -0.3 is 9.88 Å². The third kappa shape index (κ3) is 3.41. The molecular formula is C26H34N6. The number of aryl methyl sites for hydroxylation is 1. The molecule has 0 amide bonds. The summed E-state index contributed by atoms with van der Waals surface area (Å²) in [5, 5.41) is 4.40. The average Bonchev–Trinajstić information content (AvgIpc) is 3.40. The smallest absolute Gasteiger partial charge is 0.158 e. The van der Waals surface area contributed by atoms with E-state index < -0.39 is 0 Å². The number of pyridine rings is 2. The highest BCUT2D eigenvalue weighted by Crippen LogP contribution is 2.38. The number of piperidine rings is 1. The van der Waals surface area contributed by atoms with Crippen LogP contribution in [-0.2, 0) is 0 Å². The highest BCUT2D eigenvalue weighted by Gasteiger charge is 2.25. The molecule has 0 bridgehead atoms. The Morgan fingerprint density at radius 3 is 2.47 bits per heavy atom. The zero-order chi connectivity index (χ0) is 22.6. The van der Waals surface area contributed by atoms with E-state index in [0.29, 0.717) is 17.9 Å². The first kappa shape index (κ1) is 21.1. The van der Waals surface area contributed by atoms with Crippen LogP contribution in [0.25, 0.3) is 27.9 Å². The topological polar surface area (TPSA) is 62.1 Å². The first-order valence-electron chi connectivity index (χ1n) is 11.9. The molecule has 0 spiro atoms. The maximum Gasteiger partial charge on any atom is 0.158 e. The van der Waals surface area contributed by atoms with Crippen molar-refractivity contribution < 1.29 is 0 Å². The molecule has 1 aliphatic heterocycles. The molecule has 5 rings (SSSR count). The molecule has 6 nitrogen and oxygen atoms in total. The molecule has 4 aromatic rings. The lowest BCUT2D eigenvalue weighted by Crippen LogP contribution is -2.37. The van der Waals surface area contributed by atoms with Crippen LogP contribution in [0.3, 0.4) is 0 Å². The van der Waals surface area contributed by atoms with Crippen LogP contribution in [0.2, 0.25) is 0 Å². The van der Waals surface area contributed by atoms with Gasteiger partial charge in [0, 0.05) is 35.0 Å². The highest BCUT2D eigenvalue weighted by molar-refractivity contribution is 5.89. The number of aromatic nitrogens is 5. The lowest BCUT2D eigenvalue weighted by atomic mass is 9.91. The Morgan fingerprint density at radius 2 is 1.78 bits per heavy atom. The van der Waals surface area contributed by atoms with Gasteiger partial charge >= 0.3 is 0 Å². The number of H-pyrrole nitrogens is 1. The van der Waals surface area contributed by atoms with Gasteiger partial charge in [-0.15, -0.1) is 0 Å². The predicted molar refractivity (Wildman–Crippen MR) is 130 cm³/mol. The van der Waals surface area contributed by atoms with Crippen molar-refractivity contribution in [1.29, 1.82) is 0 Å². The summed E-state index contributed by atoms with van der Waals surface area (Å²) in [6.45, 7) is 15.7. The van der Waals surface area contributed by atoms with E-state index in [-0.39, 0.29) is 0 Å². The van der Waals surface area contributed by atoms with Gasteiger partial charge in [-0.05, 0) is 82.8 Å². The zero-order valence-corrected chi connectivity index (χ0v) is 20.1. The van der Waals surface area contributed by atoms with Crippen LogP contribution in [0.15, 0.2) is 24.7 Å². The number of rotatable bonds is 4. The number of fused-ring (bicyclic) bond motifs is 2. The standard InChI is InChI=1S/C26H34N6/c1-15(2)23-24(20-13-32-26(27-14-28-32)18(6)17(20)5)30-22-8-7-21(29-25(22)23)19-9-11-31(12-10-19)16(3)4/h7-8,13-16,19,30H,9-12H2,1-6H3. The Bertz CT molecular complexity index is 1270. The summed E-state index contributed by atoms with van der Waals surface area (Å²) in [5.74, 6) is 0.902. The fraction of sp³-hybridized carbons (Fsp3) is 0.500. The van der Waals surface area contributed by atoms with Crippen molar-refractivity contribution in [2.75, 3.05) is 13.1 Å². The average molecular weight is 431 g/mol. The van der Waals surface area contributed by atoms with E-state index in [4.69, 9.17) is 4.98 Å². The largest absolute Gasteiger partial charge is 0.353 e. The maximum absolute atomic E-state index is 5.26. The molecule has 1 saturated heterocycles. The van der Waals surface area contributed by atoms with Gasteiger partial charge in [0.05, 0.1) is 16.7 Å². The first-order chi connectivity index (χ1) is 15.3. The summed E-state index contributed by atoms with van der Waals surface area (Å²) in [6.07, 6.45) is 6.10. The number of aromatic amines is 1. The van der Waals surface area contributed by atoms with E-state index >= 15 is 0 Å². The van der Waals surface area contributed by atoms with Crippen LogP contribution in [-0.4, -0.2) is 48.6 Å². The predicted octanol–water partition coefficient (Wildman–Crippen LogP) is 5.60. The molecule has 0 aliphatic carbocycles. The molecule has 0 aromatic carbocycles. The quantitative estimate of drug-likeness (QED) is 0.458. The molecule has 1 aliphatic rings. The molecule has 1 fully saturated rings. The van der Waals surface area contributed by atoms with Gasteiger partial charge in [0.15, 0.2) is 5.65 Å². The van der Waals surface area contributed by atoms with Crippen molar-refractivity contribution >= 4 is 16.7 Å². The minimum atomic E-state index is 0.357. The molecular weight excluding hydrogens is 396 g/mol. The minimum Gasteiger partial charge on any atom is -0.353 e. The molecule has 4 aromatic heterocycles. The van der Waals surface area contributed by atoms with Gasteiger partial charge in [-0.2, -0.15) is 5.10 Å². The van der Waals surface area contributed by atoms with Crippen molar-refractivity contribution in [1.82, 2.24) is 29.5 Å². The van der Waals surface area contributed by atoms with Crippen LogP contribution in [0.4, 0.5) is 0 Å². The third-order valence-corrected chi connectivity index (χ3v) is 7.35. The summed E-state index contributed by atoms with van der Waals surface area (Å²) in [7, 11) is 0. The molecule has 1 N–H and O–H groups in total. The number of hydrogen-bond acceptors (Lipinski definition) is 4. The minimum absolute atomic E-state index is 0.357. The molecule has 168 valence electrons. The van der Waals surface area contributed by atoms with E-state index in [9.17, 15) is 0 Å². The number of nitrogens with one attached hydrogen (secondary N) is 1. The van der Waals surface area contributed by atoms with E-state index in [2.05, 4.69) is 79.8 Å². The third-order valence-electron chi connectivity index (χ3n) is 7.35. The van der Waals surface area contributed by atoms with Crippen LogP contribution < -0.4 is 0 Å². The summed E-state index contributed by atoms with van der Waals surface area (Å²) in [5.41, 5.74) is 10.4. The summed E-state index contributed by atoms with van der Waals surface area (Å²) in [6, 6.07) is 5.10. The van der Waals surface area contributed by atoms with Crippen molar-refractivity contribution in [3.8, 4) is 11.3 Å². The van der Waals surface area contributed by atoms with Crippen LogP contribution in [0.1, 0.15) is 74.8 Å². The molecule has 0 atom stereocenters. The van der Waals surface area contributed by atoms with Gasteiger partial charge in [-0.1, -0.05) is 13.8 Å². The molecule has 5 heterocycles. The van der Waals surface area contributed by atoms with Gasteiger partial charge in [0.25, 0.3) is 0 Å². The second kappa shape index (κ2) is 8.00. The van der Waals surface area contributed by atoms with Crippen molar-refractivity contribution in [2.45, 2.75) is 72.3 Å². The summed E-state index contributed by atoms with van der Waals surface area (Å²) < 4.78 is 1.88. The summed E-state index contributed by atoms with van der Waals surface area (Å²) in [4.78, 5) is 16.0. The zero-order valence-electron chi connectivity index (χ0n) is 20.1. The van der Waals surface area contributed by atoms with Gasteiger partial charge in [0.2, 0.25) is 0 Å². The Labute approximate surface area is 190 Å².